The fraction of sp³-hybridized carbons (Fsp3) is 0.486. The molecule has 1 unspecified atom stereocenters. The average molecular weight is 622 g/mol. The molecule has 8 nitrogen and oxygen atoms in total. The number of rotatable bonds is 17. The zero-order valence-electron chi connectivity index (χ0n) is 26.7. The van der Waals surface area contributed by atoms with Gasteiger partial charge in [0.25, 0.3) is 5.91 Å². The number of carbonyl (C=O) groups excluding carboxylic acids is 3. The van der Waals surface area contributed by atoms with Crippen molar-refractivity contribution in [3.63, 3.8) is 0 Å². The predicted molar refractivity (Wildman–Crippen MR) is 175 cm³/mol. The van der Waals surface area contributed by atoms with Crippen molar-refractivity contribution in [2.75, 3.05) is 13.6 Å². The first-order valence-corrected chi connectivity index (χ1v) is 16.2. The van der Waals surface area contributed by atoms with Gasteiger partial charge >= 0.3 is 0 Å². The van der Waals surface area contributed by atoms with Crippen LogP contribution in [0.4, 0.5) is 0 Å². The van der Waals surface area contributed by atoms with Crippen molar-refractivity contribution in [3.05, 3.63) is 86.9 Å². The van der Waals surface area contributed by atoms with Crippen molar-refractivity contribution in [1.82, 2.24) is 15.2 Å². The van der Waals surface area contributed by atoms with E-state index in [1.165, 1.54) is 11.3 Å². The lowest BCUT2D eigenvalue weighted by Gasteiger charge is -2.27. The van der Waals surface area contributed by atoms with Gasteiger partial charge in [0.2, 0.25) is 0 Å². The van der Waals surface area contributed by atoms with E-state index >= 15 is 0 Å². The average Bonchev–Trinajstić information content (AvgIpc) is 3.39. The van der Waals surface area contributed by atoms with Crippen LogP contribution in [0.25, 0.3) is 0 Å². The van der Waals surface area contributed by atoms with E-state index in [9.17, 15) is 24.6 Å². The van der Waals surface area contributed by atoms with Crippen molar-refractivity contribution in [2.45, 2.75) is 85.1 Å². The Morgan fingerprint density at radius 1 is 1.00 bits per heavy atom. The van der Waals surface area contributed by atoms with Crippen molar-refractivity contribution in [2.24, 2.45) is 11.8 Å². The monoisotopic (exact) mass is 621 g/mol. The number of benzene rings is 2. The Bertz CT molecular complexity index is 1390. The molecule has 2 aromatic carbocycles. The number of Topliss-reactive ketones (excluding diaryl/α,β-unsaturated/α-hetero) is 2. The third-order valence-corrected chi connectivity index (χ3v) is 8.66. The molecule has 0 spiro atoms. The molecule has 0 aliphatic heterocycles. The topological polar surface area (TPSA) is 120 Å². The molecule has 238 valence electrons. The highest BCUT2D eigenvalue weighted by molar-refractivity contribution is 7.09. The quantitative estimate of drug-likeness (QED) is 0.178. The maximum absolute atomic E-state index is 13.7. The highest BCUT2D eigenvalue weighted by atomic mass is 32.1. The minimum atomic E-state index is -0.961. The van der Waals surface area contributed by atoms with Gasteiger partial charge in [-0.1, -0.05) is 44.2 Å². The normalized spacial score (nSPS) is 14.2. The summed E-state index contributed by atoms with van der Waals surface area (Å²) in [7, 11) is 1.72. The fourth-order valence-electron chi connectivity index (χ4n) is 5.21. The minimum absolute atomic E-state index is 0.0453. The van der Waals surface area contributed by atoms with E-state index in [-0.39, 0.29) is 30.4 Å². The van der Waals surface area contributed by atoms with Crippen LogP contribution in [0.3, 0.4) is 0 Å². The molecule has 0 saturated carbocycles. The highest BCUT2D eigenvalue weighted by Gasteiger charge is 2.28. The molecule has 0 bridgehead atoms. The van der Waals surface area contributed by atoms with Gasteiger partial charge in [-0.2, -0.15) is 0 Å². The molecule has 44 heavy (non-hydrogen) atoms. The van der Waals surface area contributed by atoms with Crippen LogP contribution < -0.4 is 5.32 Å². The third-order valence-electron chi connectivity index (χ3n) is 7.71. The number of ketones is 2. The van der Waals surface area contributed by atoms with E-state index in [0.717, 1.165) is 28.2 Å². The molecule has 3 rings (SSSR count). The molecule has 0 fully saturated rings. The maximum Gasteiger partial charge on any atom is 0.254 e. The summed E-state index contributed by atoms with van der Waals surface area (Å²) in [6.45, 7) is 9.84. The molecular weight excluding hydrogens is 574 g/mol. The van der Waals surface area contributed by atoms with Crippen LogP contribution in [0.1, 0.15) is 82.6 Å². The number of hydrogen-bond acceptors (Lipinski definition) is 8. The largest absolute Gasteiger partial charge is 0.391 e. The van der Waals surface area contributed by atoms with E-state index in [1.807, 2.05) is 63.4 Å². The number of aliphatic hydroxyl groups excluding tert-OH is 2. The van der Waals surface area contributed by atoms with Crippen LogP contribution in [0.2, 0.25) is 0 Å². The summed E-state index contributed by atoms with van der Waals surface area (Å²) in [5.74, 6) is -0.578. The first-order valence-electron chi connectivity index (χ1n) is 15.3. The minimum Gasteiger partial charge on any atom is -0.391 e. The van der Waals surface area contributed by atoms with E-state index in [1.54, 1.807) is 37.1 Å². The molecule has 4 atom stereocenters. The molecule has 3 aromatic rings. The molecule has 9 heteroatoms. The van der Waals surface area contributed by atoms with Gasteiger partial charge in [-0.05, 0) is 74.8 Å². The molecule has 0 aliphatic carbocycles. The summed E-state index contributed by atoms with van der Waals surface area (Å²) in [6.07, 6.45) is -0.323. The smallest absolute Gasteiger partial charge is 0.254 e. The number of thiazole rings is 1. The van der Waals surface area contributed by atoms with Crippen LogP contribution in [0.15, 0.2) is 53.9 Å². The molecular formula is C35H47N3O5S. The Morgan fingerprint density at radius 2 is 1.68 bits per heavy atom. The van der Waals surface area contributed by atoms with Gasteiger partial charge in [0, 0.05) is 48.6 Å². The zero-order valence-corrected chi connectivity index (χ0v) is 27.6. The second kappa shape index (κ2) is 16.7. The van der Waals surface area contributed by atoms with Crippen LogP contribution in [-0.4, -0.2) is 69.4 Å². The predicted octanol–water partition coefficient (Wildman–Crippen LogP) is 5.17. The Labute approximate surface area is 265 Å². The third kappa shape index (κ3) is 10.7. The van der Waals surface area contributed by atoms with Gasteiger partial charge in [-0.25, -0.2) is 4.98 Å². The number of nitrogens with one attached hydrogen (secondary N) is 1. The Hall–Kier alpha value is -3.24. The van der Waals surface area contributed by atoms with Gasteiger partial charge in [0.1, 0.15) is 5.01 Å². The summed E-state index contributed by atoms with van der Waals surface area (Å²) >= 11 is 1.50. The standard InChI is InChI=1S/C35H47N3O5S/c1-22(2)12-13-30(40)34(25(5)39)36-19-32(42)28(16-26-10-8-7-9-11-26)18-31(41)27-14-23(3)15-29(17-27)35(43)38(6)20-33-37-24(4)21-44-33/h7-11,14-15,17,21-22,25,28,32,34,36,39,42H,12-13,16,18-20H2,1-6H3/t25-,28+,32+,34?/m0/s1. The molecule has 3 N–H and O–H groups in total. The molecule has 0 saturated heterocycles. The van der Waals surface area contributed by atoms with Crippen molar-refractivity contribution < 1.29 is 24.6 Å². The Balaban J connectivity index is 1.76. The Kier molecular flexibility index (Phi) is 13.4. The second-order valence-electron chi connectivity index (χ2n) is 12.3. The number of hydrogen-bond donors (Lipinski definition) is 3. The first kappa shape index (κ1) is 35.2. The fourth-order valence-corrected chi connectivity index (χ4v) is 6.03. The van der Waals surface area contributed by atoms with Crippen LogP contribution >= 0.6 is 11.3 Å². The molecule has 0 radical (unpaired) electrons. The van der Waals surface area contributed by atoms with E-state index < -0.39 is 24.2 Å². The highest BCUT2D eigenvalue weighted by Crippen LogP contribution is 2.22. The van der Waals surface area contributed by atoms with Crippen molar-refractivity contribution in [3.8, 4) is 0 Å². The van der Waals surface area contributed by atoms with Gasteiger partial charge < -0.3 is 20.4 Å². The van der Waals surface area contributed by atoms with Crippen molar-refractivity contribution >= 4 is 28.8 Å². The zero-order chi connectivity index (χ0) is 32.4. The summed E-state index contributed by atoms with van der Waals surface area (Å²) in [4.78, 5) is 45.8. The SMILES string of the molecule is Cc1cc(C(=O)C[C@@H](Cc2ccccc2)[C@H](O)CNC(C(=O)CCC(C)C)[C@H](C)O)cc(C(=O)N(C)Cc2nc(C)cs2)c1. The number of aryl methyl sites for hydroxylation is 2. The molecule has 1 aromatic heterocycles. The van der Waals surface area contributed by atoms with E-state index in [0.29, 0.717) is 36.4 Å². The second-order valence-corrected chi connectivity index (χ2v) is 13.2. The summed E-state index contributed by atoms with van der Waals surface area (Å²) in [6, 6.07) is 14.0. The maximum atomic E-state index is 13.7. The number of carbonyl (C=O) groups is 3. The van der Waals surface area contributed by atoms with Gasteiger partial charge in [-0.3, -0.25) is 14.4 Å². The van der Waals surface area contributed by atoms with Crippen molar-refractivity contribution in [1.29, 1.82) is 0 Å². The van der Waals surface area contributed by atoms with E-state index in [2.05, 4.69) is 10.3 Å². The molecule has 1 amide bonds. The number of nitrogens with zero attached hydrogens (tertiary/aromatic N) is 2. The van der Waals surface area contributed by atoms with Gasteiger partial charge in [0.05, 0.1) is 24.8 Å². The first-order chi connectivity index (χ1) is 20.8. The summed E-state index contributed by atoms with van der Waals surface area (Å²) < 4.78 is 0. The number of amides is 1. The molecule has 1 heterocycles. The van der Waals surface area contributed by atoms with Crippen LogP contribution in [-0.2, 0) is 17.8 Å². The summed E-state index contributed by atoms with van der Waals surface area (Å²) in [5.41, 5.74) is 3.51. The van der Waals surface area contributed by atoms with E-state index in [4.69, 9.17) is 0 Å². The van der Waals surface area contributed by atoms with Gasteiger partial charge in [0.15, 0.2) is 11.6 Å². The number of aliphatic hydroxyl groups is 2. The lowest BCUT2D eigenvalue weighted by molar-refractivity contribution is -0.123. The molecule has 0 aliphatic rings. The lowest BCUT2D eigenvalue weighted by Crippen LogP contribution is -2.49. The van der Waals surface area contributed by atoms with Gasteiger partial charge in [-0.15, -0.1) is 11.3 Å². The summed E-state index contributed by atoms with van der Waals surface area (Å²) in [5, 5.41) is 27.5. The van der Waals surface area contributed by atoms with Crippen LogP contribution in [0.5, 0.6) is 0 Å². The lowest BCUT2D eigenvalue weighted by atomic mass is 9.87. The Morgan fingerprint density at radius 3 is 2.30 bits per heavy atom. The number of aromatic nitrogens is 1. The van der Waals surface area contributed by atoms with Crippen LogP contribution in [0, 0.1) is 25.7 Å².